The van der Waals surface area contributed by atoms with Crippen molar-refractivity contribution >= 4 is 11.5 Å². The quantitative estimate of drug-likeness (QED) is 0.864. The van der Waals surface area contributed by atoms with Crippen molar-refractivity contribution in [1.82, 2.24) is 24.7 Å². The Morgan fingerprint density at radius 3 is 2.88 bits per heavy atom. The molecule has 0 aliphatic rings. The molecule has 5 nitrogen and oxygen atoms in total. The van der Waals surface area contributed by atoms with E-state index in [9.17, 15) is 0 Å². The number of hydrogen-bond donors (Lipinski definition) is 1. The van der Waals surface area contributed by atoms with Crippen molar-refractivity contribution in [2.45, 2.75) is 19.4 Å². The lowest BCUT2D eigenvalue weighted by molar-refractivity contribution is 0.568. The zero-order valence-electron chi connectivity index (χ0n) is 9.64. The van der Waals surface area contributed by atoms with Crippen molar-refractivity contribution in [2.24, 2.45) is 7.05 Å². The van der Waals surface area contributed by atoms with E-state index in [-0.39, 0.29) is 6.04 Å². The fourth-order valence-electron chi connectivity index (χ4n) is 1.74. The first kappa shape index (κ1) is 11.2. The first-order chi connectivity index (χ1) is 7.70. The Kier molecular flexibility index (Phi) is 3.31. The fourth-order valence-corrected chi connectivity index (χ4v) is 2.35. The highest BCUT2D eigenvalue weighted by Gasteiger charge is 2.14. The van der Waals surface area contributed by atoms with Gasteiger partial charge in [0.05, 0.1) is 22.8 Å². The van der Waals surface area contributed by atoms with Gasteiger partial charge in [-0.2, -0.15) is 5.10 Å². The van der Waals surface area contributed by atoms with Crippen molar-refractivity contribution in [3.05, 3.63) is 28.5 Å². The first-order valence-corrected chi connectivity index (χ1v) is 5.92. The van der Waals surface area contributed by atoms with Crippen LogP contribution in [0.3, 0.4) is 0 Å². The summed E-state index contributed by atoms with van der Waals surface area (Å²) in [4.78, 5) is 1.15. The molecule has 1 atom stereocenters. The molecule has 0 bridgehead atoms. The number of likely N-dealkylation sites (N-methyl/N-ethyl adjacent to an activating group) is 1. The fraction of sp³-hybridized carbons (Fsp3) is 0.500. The van der Waals surface area contributed by atoms with E-state index in [0.717, 1.165) is 17.0 Å². The third-order valence-electron chi connectivity index (χ3n) is 2.58. The van der Waals surface area contributed by atoms with Gasteiger partial charge in [-0.05, 0) is 31.6 Å². The predicted octanol–water partition coefficient (Wildman–Crippen LogP) is 1.08. The Balaban J connectivity index is 2.16. The largest absolute Gasteiger partial charge is 0.312 e. The highest BCUT2D eigenvalue weighted by Crippen LogP contribution is 2.20. The highest BCUT2D eigenvalue weighted by molar-refractivity contribution is 7.05. The minimum absolute atomic E-state index is 0.259. The molecule has 0 radical (unpaired) electrons. The summed E-state index contributed by atoms with van der Waals surface area (Å²) in [6.07, 6.45) is 2.72. The van der Waals surface area contributed by atoms with E-state index < -0.39 is 0 Å². The third-order valence-corrected chi connectivity index (χ3v) is 3.36. The molecule has 0 saturated heterocycles. The van der Waals surface area contributed by atoms with E-state index in [1.54, 1.807) is 0 Å². The molecule has 0 amide bonds. The molecule has 16 heavy (non-hydrogen) atoms. The van der Waals surface area contributed by atoms with Crippen molar-refractivity contribution in [3.63, 3.8) is 0 Å². The van der Waals surface area contributed by atoms with Gasteiger partial charge in [0.2, 0.25) is 0 Å². The van der Waals surface area contributed by atoms with Gasteiger partial charge in [0, 0.05) is 19.2 Å². The Morgan fingerprint density at radius 1 is 1.56 bits per heavy atom. The van der Waals surface area contributed by atoms with Crippen molar-refractivity contribution in [3.8, 4) is 0 Å². The maximum Gasteiger partial charge on any atom is 0.0669 e. The Hall–Kier alpha value is -1.27. The molecule has 0 spiro atoms. The molecule has 1 unspecified atom stereocenters. The van der Waals surface area contributed by atoms with Gasteiger partial charge in [0.15, 0.2) is 0 Å². The van der Waals surface area contributed by atoms with Gasteiger partial charge in [-0.25, -0.2) is 0 Å². The number of nitrogens with zero attached hydrogens (tertiary/aromatic N) is 4. The smallest absolute Gasteiger partial charge is 0.0669 e. The summed E-state index contributed by atoms with van der Waals surface area (Å²) in [5.41, 5.74) is 2.26. The van der Waals surface area contributed by atoms with E-state index in [0.29, 0.717) is 0 Å². The first-order valence-electron chi connectivity index (χ1n) is 5.14. The second-order valence-electron chi connectivity index (χ2n) is 3.77. The number of rotatable bonds is 4. The second kappa shape index (κ2) is 4.71. The van der Waals surface area contributed by atoms with Crippen LogP contribution in [0.2, 0.25) is 0 Å². The number of nitrogens with one attached hydrogen (secondary N) is 1. The Morgan fingerprint density at radius 2 is 2.38 bits per heavy atom. The van der Waals surface area contributed by atoms with Crippen LogP contribution in [0, 0.1) is 6.92 Å². The van der Waals surface area contributed by atoms with Crippen molar-refractivity contribution < 1.29 is 0 Å². The number of hydrogen-bond acceptors (Lipinski definition) is 5. The second-order valence-corrected chi connectivity index (χ2v) is 4.58. The molecule has 0 aliphatic heterocycles. The van der Waals surface area contributed by atoms with Gasteiger partial charge in [0.25, 0.3) is 0 Å². The van der Waals surface area contributed by atoms with E-state index >= 15 is 0 Å². The van der Waals surface area contributed by atoms with E-state index in [1.807, 2.05) is 31.9 Å². The summed E-state index contributed by atoms with van der Waals surface area (Å²) in [5.74, 6) is 0. The molecular formula is C10H15N5S. The standard InChI is InChI=1S/C10H15N5S/c1-7-4-8(15(3)13-7)5-9(11-2)10-6-12-14-16-10/h4,6,9,11H,5H2,1-3H3. The van der Waals surface area contributed by atoms with E-state index in [2.05, 4.69) is 26.1 Å². The average Bonchev–Trinajstić information content (AvgIpc) is 2.85. The lowest BCUT2D eigenvalue weighted by Gasteiger charge is -2.13. The molecule has 0 saturated carbocycles. The minimum atomic E-state index is 0.259. The van der Waals surface area contributed by atoms with Crippen LogP contribution >= 0.6 is 11.5 Å². The van der Waals surface area contributed by atoms with Gasteiger partial charge in [-0.3, -0.25) is 4.68 Å². The minimum Gasteiger partial charge on any atom is -0.312 e. The molecule has 2 rings (SSSR count). The Labute approximate surface area is 98.7 Å². The molecule has 0 aliphatic carbocycles. The van der Waals surface area contributed by atoms with Gasteiger partial charge in [0.1, 0.15) is 0 Å². The lowest BCUT2D eigenvalue weighted by atomic mass is 10.1. The van der Waals surface area contributed by atoms with Crippen LogP contribution in [0.5, 0.6) is 0 Å². The van der Waals surface area contributed by atoms with Crippen LogP contribution in [-0.2, 0) is 13.5 Å². The normalized spacial score (nSPS) is 12.9. The average molecular weight is 237 g/mol. The van der Waals surface area contributed by atoms with Crippen molar-refractivity contribution in [2.75, 3.05) is 7.05 Å². The van der Waals surface area contributed by atoms with Gasteiger partial charge < -0.3 is 5.32 Å². The third kappa shape index (κ3) is 2.28. The van der Waals surface area contributed by atoms with Crippen LogP contribution in [0.15, 0.2) is 12.3 Å². The van der Waals surface area contributed by atoms with Crippen LogP contribution in [0.1, 0.15) is 22.3 Å². The monoisotopic (exact) mass is 237 g/mol. The molecular weight excluding hydrogens is 222 g/mol. The van der Waals surface area contributed by atoms with Gasteiger partial charge in [-0.1, -0.05) is 4.49 Å². The molecule has 2 aromatic rings. The summed E-state index contributed by atoms with van der Waals surface area (Å²) in [5, 5.41) is 11.5. The molecule has 2 aromatic heterocycles. The van der Waals surface area contributed by atoms with Crippen LogP contribution in [0.25, 0.3) is 0 Å². The maximum absolute atomic E-state index is 4.34. The summed E-state index contributed by atoms with van der Waals surface area (Å²) >= 11 is 1.43. The van der Waals surface area contributed by atoms with Gasteiger partial charge >= 0.3 is 0 Å². The maximum atomic E-state index is 4.34. The van der Waals surface area contributed by atoms with Crippen LogP contribution in [0.4, 0.5) is 0 Å². The van der Waals surface area contributed by atoms with Crippen LogP contribution in [-0.4, -0.2) is 26.4 Å². The SMILES string of the molecule is CNC(Cc1cc(C)nn1C)c1cnns1. The molecule has 1 N–H and O–H groups in total. The van der Waals surface area contributed by atoms with Gasteiger partial charge in [-0.15, -0.1) is 5.10 Å². The molecule has 2 heterocycles. The summed E-state index contributed by atoms with van der Waals surface area (Å²) in [6.45, 7) is 2.01. The summed E-state index contributed by atoms with van der Waals surface area (Å²) in [7, 11) is 3.92. The predicted molar refractivity (Wildman–Crippen MR) is 63.4 cm³/mol. The molecule has 86 valence electrons. The van der Waals surface area contributed by atoms with E-state index in [1.165, 1.54) is 17.2 Å². The number of aryl methyl sites for hydroxylation is 2. The summed E-state index contributed by atoms with van der Waals surface area (Å²) in [6, 6.07) is 2.37. The van der Waals surface area contributed by atoms with E-state index in [4.69, 9.17) is 0 Å². The topological polar surface area (TPSA) is 55.6 Å². The molecule has 6 heteroatoms. The molecule has 0 aromatic carbocycles. The number of aromatic nitrogens is 4. The Bertz CT molecular complexity index is 448. The lowest BCUT2D eigenvalue weighted by Crippen LogP contribution is -2.19. The van der Waals surface area contributed by atoms with Crippen molar-refractivity contribution in [1.29, 1.82) is 0 Å². The molecule has 0 fully saturated rings. The summed E-state index contributed by atoms with van der Waals surface area (Å²) < 4.78 is 5.81. The zero-order chi connectivity index (χ0) is 11.5. The zero-order valence-corrected chi connectivity index (χ0v) is 10.5. The van der Waals surface area contributed by atoms with Crippen LogP contribution < -0.4 is 5.32 Å². The highest BCUT2D eigenvalue weighted by atomic mass is 32.1.